The van der Waals surface area contributed by atoms with E-state index >= 15 is 0 Å². The number of rotatable bonds is 1. The number of carbonyl (C=O) groups is 2. The molecule has 0 bridgehead atoms. The van der Waals surface area contributed by atoms with Gasteiger partial charge in [0.05, 0.1) is 0 Å². The molecule has 0 aromatic heterocycles. The van der Waals surface area contributed by atoms with Crippen LogP contribution in [0.15, 0.2) is 53.0 Å². The molecule has 1 aliphatic rings. The standard InChI is InChI=1S/C15H9BrO2/c16-10-5-3-4-9(8-10)13-14(17)11-6-1-2-7-12(11)15(13)18/h1-8,13H. The lowest BCUT2D eigenvalue weighted by molar-refractivity contribution is 0.0890. The van der Waals surface area contributed by atoms with E-state index in [0.717, 1.165) is 10.0 Å². The summed E-state index contributed by atoms with van der Waals surface area (Å²) in [6.45, 7) is 0. The molecule has 0 fully saturated rings. The third-order valence-corrected chi connectivity index (χ3v) is 3.66. The van der Waals surface area contributed by atoms with Crippen LogP contribution < -0.4 is 0 Å². The molecule has 2 aromatic carbocycles. The molecular weight excluding hydrogens is 292 g/mol. The Balaban J connectivity index is 2.12. The van der Waals surface area contributed by atoms with Crippen molar-refractivity contribution in [1.29, 1.82) is 0 Å². The van der Waals surface area contributed by atoms with Crippen LogP contribution in [0.3, 0.4) is 0 Å². The van der Waals surface area contributed by atoms with E-state index in [-0.39, 0.29) is 11.6 Å². The van der Waals surface area contributed by atoms with Gasteiger partial charge in [0.2, 0.25) is 0 Å². The molecule has 0 unspecified atom stereocenters. The van der Waals surface area contributed by atoms with Crippen LogP contribution >= 0.6 is 15.9 Å². The highest BCUT2D eigenvalue weighted by Gasteiger charge is 2.39. The molecule has 0 saturated heterocycles. The van der Waals surface area contributed by atoms with Crippen molar-refractivity contribution in [3.8, 4) is 0 Å². The zero-order chi connectivity index (χ0) is 12.7. The third-order valence-electron chi connectivity index (χ3n) is 3.16. The second-order valence-electron chi connectivity index (χ2n) is 4.26. The molecule has 2 aromatic rings. The van der Waals surface area contributed by atoms with Gasteiger partial charge < -0.3 is 0 Å². The quantitative estimate of drug-likeness (QED) is 0.754. The lowest BCUT2D eigenvalue weighted by Gasteiger charge is -2.07. The minimum atomic E-state index is -0.681. The topological polar surface area (TPSA) is 34.1 Å². The van der Waals surface area contributed by atoms with Gasteiger partial charge in [0.15, 0.2) is 11.6 Å². The number of hydrogen-bond donors (Lipinski definition) is 0. The van der Waals surface area contributed by atoms with Gasteiger partial charge in [-0.2, -0.15) is 0 Å². The Hall–Kier alpha value is -1.74. The predicted molar refractivity (Wildman–Crippen MR) is 72.0 cm³/mol. The second-order valence-corrected chi connectivity index (χ2v) is 5.18. The molecule has 18 heavy (non-hydrogen) atoms. The molecule has 0 N–H and O–H groups in total. The molecule has 0 spiro atoms. The first-order chi connectivity index (χ1) is 8.68. The van der Waals surface area contributed by atoms with Crippen molar-refractivity contribution in [3.63, 3.8) is 0 Å². The molecule has 1 aliphatic carbocycles. The van der Waals surface area contributed by atoms with Crippen LogP contribution in [0.5, 0.6) is 0 Å². The number of Topliss-reactive ketones (excluding diaryl/α,β-unsaturated/α-hetero) is 2. The van der Waals surface area contributed by atoms with Gasteiger partial charge >= 0.3 is 0 Å². The highest BCUT2D eigenvalue weighted by atomic mass is 79.9. The minimum Gasteiger partial charge on any atom is -0.293 e. The molecule has 2 nitrogen and oxygen atoms in total. The first kappa shape index (κ1) is 11.4. The minimum absolute atomic E-state index is 0.103. The number of benzene rings is 2. The van der Waals surface area contributed by atoms with Crippen molar-refractivity contribution in [2.75, 3.05) is 0 Å². The molecule has 0 heterocycles. The van der Waals surface area contributed by atoms with Crippen molar-refractivity contribution >= 4 is 27.5 Å². The highest BCUT2D eigenvalue weighted by molar-refractivity contribution is 9.10. The van der Waals surface area contributed by atoms with Crippen LogP contribution in [0.4, 0.5) is 0 Å². The van der Waals surface area contributed by atoms with Gasteiger partial charge in [0.1, 0.15) is 5.92 Å². The van der Waals surface area contributed by atoms with Crippen LogP contribution in [0, 0.1) is 0 Å². The number of hydrogen-bond acceptors (Lipinski definition) is 2. The van der Waals surface area contributed by atoms with Crippen LogP contribution in [0.25, 0.3) is 0 Å². The lowest BCUT2D eigenvalue weighted by atomic mass is 9.94. The lowest BCUT2D eigenvalue weighted by Crippen LogP contribution is -2.12. The van der Waals surface area contributed by atoms with Crippen molar-refractivity contribution in [3.05, 3.63) is 69.7 Å². The maximum Gasteiger partial charge on any atom is 0.178 e. The summed E-state index contributed by atoms with van der Waals surface area (Å²) in [5.41, 5.74) is 1.82. The molecule has 88 valence electrons. The smallest absolute Gasteiger partial charge is 0.178 e. The molecular formula is C15H9BrO2. The molecule has 3 rings (SSSR count). The Morgan fingerprint density at radius 3 is 2.00 bits per heavy atom. The molecule has 0 amide bonds. The molecule has 0 atom stereocenters. The van der Waals surface area contributed by atoms with Gasteiger partial charge in [0, 0.05) is 15.6 Å². The van der Waals surface area contributed by atoms with Gasteiger partial charge in [-0.05, 0) is 17.7 Å². The normalized spacial score (nSPS) is 14.9. The molecule has 0 radical (unpaired) electrons. The van der Waals surface area contributed by atoms with Gasteiger partial charge in [-0.25, -0.2) is 0 Å². The number of ketones is 2. The Morgan fingerprint density at radius 2 is 1.44 bits per heavy atom. The van der Waals surface area contributed by atoms with E-state index in [2.05, 4.69) is 15.9 Å². The fourth-order valence-corrected chi connectivity index (χ4v) is 2.75. The van der Waals surface area contributed by atoms with Gasteiger partial charge in [-0.15, -0.1) is 0 Å². The number of carbonyl (C=O) groups excluding carboxylic acids is 2. The zero-order valence-electron chi connectivity index (χ0n) is 9.39. The maximum absolute atomic E-state index is 12.3. The van der Waals surface area contributed by atoms with Gasteiger partial charge in [0.25, 0.3) is 0 Å². The van der Waals surface area contributed by atoms with Crippen LogP contribution in [-0.4, -0.2) is 11.6 Å². The van der Waals surface area contributed by atoms with E-state index in [0.29, 0.717) is 11.1 Å². The van der Waals surface area contributed by atoms with Crippen molar-refractivity contribution in [2.45, 2.75) is 5.92 Å². The Bertz CT molecular complexity index is 626. The Labute approximate surface area is 113 Å². The fourth-order valence-electron chi connectivity index (χ4n) is 2.33. The summed E-state index contributed by atoms with van der Waals surface area (Å²) >= 11 is 3.36. The average molecular weight is 301 g/mol. The first-order valence-electron chi connectivity index (χ1n) is 5.61. The monoisotopic (exact) mass is 300 g/mol. The summed E-state index contributed by atoms with van der Waals surface area (Å²) < 4.78 is 0.872. The van der Waals surface area contributed by atoms with Crippen molar-refractivity contribution in [2.24, 2.45) is 0 Å². The van der Waals surface area contributed by atoms with Crippen molar-refractivity contribution in [1.82, 2.24) is 0 Å². The Kier molecular flexibility index (Phi) is 2.63. The number of fused-ring (bicyclic) bond motifs is 1. The highest BCUT2D eigenvalue weighted by Crippen LogP contribution is 2.34. The SMILES string of the molecule is O=C1c2ccccc2C(=O)C1c1cccc(Br)c1. The second kappa shape index (κ2) is 4.18. The molecule has 0 saturated carbocycles. The molecule has 3 heteroatoms. The summed E-state index contributed by atoms with van der Waals surface area (Å²) in [7, 11) is 0. The Morgan fingerprint density at radius 1 is 0.833 bits per heavy atom. The largest absolute Gasteiger partial charge is 0.293 e. The summed E-state index contributed by atoms with van der Waals surface area (Å²) in [4.78, 5) is 24.6. The summed E-state index contributed by atoms with van der Waals surface area (Å²) in [6.07, 6.45) is 0. The van der Waals surface area contributed by atoms with Gasteiger partial charge in [-0.3, -0.25) is 9.59 Å². The summed E-state index contributed by atoms with van der Waals surface area (Å²) in [6, 6.07) is 14.4. The third kappa shape index (κ3) is 1.63. The van der Waals surface area contributed by atoms with Gasteiger partial charge in [-0.1, -0.05) is 52.3 Å². The summed E-state index contributed by atoms with van der Waals surface area (Å²) in [5.74, 6) is -0.887. The van der Waals surface area contributed by atoms with E-state index in [1.165, 1.54) is 0 Å². The number of halogens is 1. The van der Waals surface area contributed by atoms with Crippen LogP contribution in [-0.2, 0) is 0 Å². The zero-order valence-corrected chi connectivity index (χ0v) is 11.0. The fraction of sp³-hybridized carbons (Fsp3) is 0.0667. The van der Waals surface area contributed by atoms with Crippen LogP contribution in [0.2, 0.25) is 0 Å². The predicted octanol–water partition coefficient (Wildman–Crippen LogP) is 3.61. The van der Waals surface area contributed by atoms with Crippen molar-refractivity contribution < 1.29 is 9.59 Å². The summed E-state index contributed by atoms with van der Waals surface area (Å²) in [5, 5.41) is 0. The van der Waals surface area contributed by atoms with E-state index in [9.17, 15) is 9.59 Å². The van der Waals surface area contributed by atoms with E-state index in [1.54, 1.807) is 24.3 Å². The first-order valence-corrected chi connectivity index (χ1v) is 6.40. The van der Waals surface area contributed by atoms with E-state index < -0.39 is 5.92 Å². The van der Waals surface area contributed by atoms with E-state index in [4.69, 9.17) is 0 Å². The van der Waals surface area contributed by atoms with E-state index in [1.807, 2.05) is 24.3 Å². The average Bonchev–Trinajstić information content (AvgIpc) is 2.63. The molecule has 0 aliphatic heterocycles. The van der Waals surface area contributed by atoms with Crippen LogP contribution in [0.1, 0.15) is 32.2 Å². The maximum atomic E-state index is 12.3.